The van der Waals surface area contributed by atoms with E-state index in [4.69, 9.17) is 4.74 Å². The molecule has 0 aromatic heterocycles. The van der Waals surface area contributed by atoms with Crippen LogP contribution in [0.4, 0.5) is 0 Å². The fourth-order valence-electron chi connectivity index (χ4n) is 1.14. The van der Waals surface area contributed by atoms with Gasteiger partial charge in [-0.1, -0.05) is 6.58 Å². The molecule has 1 fully saturated rings. The second-order valence-corrected chi connectivity index (χ2v) is 5.00. The molecule has 1 rings (SSSR count). The molecule has 64 valence electrons. The zero-order valence-electron chi connectivity index (χ0n) is 6.49. The number of rotatable bonds is 3. The summed E-state index contributed by atoms with van der Waals surface area (Å²) < 4.78 is 26.5. The second-order valence-electron chi connectivity index (χ2n) is 2.84. The Hall–Kier alpha value is -0.510. The van der Waals surface area contributed by atoms with Gasteiger partial charge in [-0.2, -0.15) is 0 Å². The highest BCUT2D eigenvalue weighted by Gasteiger charge is 2.37. The van der Waals surface area contributed by atoms with Crippen molar-refractivity contribution in [1.29, 1.82) is 0 Å². The van der Waals surface area contributed by atoms with Crippen LogP contribution in [0.5, 0.6) is 0 Å². The quantitative estimate of drug-likeness (QED) is 0.591. The van der Waals surface area contributed by atoms with Crippen LogP contribution < -0.4 is 0 Å². The molecule has 1 aliphatic heterocycles. The van der Waals surface area contributed by atoms with Gasteiger partial charge < -0.3 is 4.74 Å². The van der Waals surface area contributed by atoms with Crippen molar-refractivity contribution in [3.8, 4) is 0 Å². The first-order valence-electron chi connectivity index (χ1n) is 3.52. The van der Waals surface area contributed by atoms with Crippen molar-refractivity contribution < 1.29 is 13.2 Å². The van der Waals surface area contributed by atoms with Gasteiger partial charge in [-0.3, -0.25) is 0 Å². The van der Waals surface area contributed by atoms with Gasteiger partial charge in [0.2, 0.25) is 0 Å². The molecule has 1 aliphatic rings. The van der Waals surface area contributed by atoms with Gasteiger partial charge in [-0.15, -0.1) is 0 Å². The van der Waals surface area contributed by atoms with Gasteiger partial charge in [0, 0.05) is 5.92 Å². The highest BCUT2D eigenvalue weighted by Crippen LogP contribution is 2.23. The van der Waals surface area contributed by atoms with Gasteiger partial charge in [-0.25, -0.2) is 8.42 Å². The van der Waals surface area contributed by atoms with Crippen LogP contribution in [-0.2, 0) is 14.6 Å². The molecule has 0 amide bonds. The molecule has 0 saturated carbocycles. The Morgan fingerprint density at radius 3 is 2.55 bits per heavy atom. The molecule has 1 unspecified atom stereocenters. The molecular formula is C7H12O3S. The number of hydrogen-bond donors (Lipinski definition) is 0. The highest BCUT2D eigenvalue weighted by atomic mass is 32.2. The van der Waals surface area contributed by atoms with E-state index in [9.17, 15) is 8.42 Å². The SMILES string of the molecule is C=COC(C)C1CS(=O)(=O)C1. The number of sulfone groups is 1. The Labute approximate surface area is 67.0 Å². The van der Waals surface area contributed by atoms with Crippen LogP contribution >= 0.6 is 0 Å². The average molecular weight is 176 g/mol. The molecule has 1 atom stereocenters. The summed E-state index contributed by atoms with van der Waals surface area (Å²) in [7, 11) is -2.71. The summed E-state index contributed by atoms with van der Waals surface area (Å²) in [5.41, 5.74) is 0. The number of ether oxygens (including phenoxy) is 1. The molecule has 1 heterocycles. The standard InChI is InChI=1S/C7H12O3S/c1-3-10-6(2)7-4-11(8,9)5-7/h3,6-7H,1,4-5H2,2H3. The third-order valence-corrected chi connectivity index (χ3v) is 3.78. The molecule has 0 spiro atoms. The normalized spacial score (nSPS) is 25.2. The minimum Gasteiger partial charge on any atom is -0.499 e. The van der Waals surface area contributed by atoms with Crippen molar-refractivity contribution in [2.75, 3.05) is 11.5 Å². The lowest BCUT2D eigenvalue weighted by atomic mass is 10.1. The maximum Gasteiger partial charge on any atom is 0.151 e. The van der Waals surface area contributed by atoms with Gasteiger partial charge in [0.05, 0.1) is 23.9 Å². The lowest BCUT2D eigenvalue weighted by Gasteiger charge is -2.30. The van der Waals surface area contributed by atoms with Gasteiger partial charge in [0.1, 0.15) is 0 Å². The fraction of sp³-hybridized carbons (Fsp3) is 0.714. The van der Waals surface area contributed by atoms with Gasteiger partial charge in [0.15, 0.2) is 9.84 Å². The molecule has 0 radical (unpaired) electrons. The number of hydrogen-bond acceptors (Lipinski definition) is 3. The molecule has 11 heavy (non-hydrogen) atoms. The summed E-state index contributed by atoms with van der Waals surface area (Å²) in [5.74, 6) is 0.697. The maximum absolute atomic E-state index is 10.7. The Morgan fingerprint density at radius 2 is 2.18 bits per heavy atom. The molecule has 0 aromatic carbocycles. The topological polar surface area (TPSA) is 43.4 Å². The lowest BCUT2D eigenvalue weighted by molar-refractivity contribution is 0.115. The van der Waals surface area contributed by atoms with E-state index in [0.717, 1.165) is 0 Å². The molecule has 0 bridgehead atoms. The zero-order chi connectivity index (χ0) is 8.48. The summed E-state index contributed by atoms with van der Waals surface area (Å²) in [6.45, 7) is 5.27. The summed E-state index contributed by atoms with van der Waals surface area (Å²) in [6, 6.07) is 0. The largest absolute Gasteiger partial charge is 0.499 e. The van der Waals surface area contributed by atoms with Crippen LogP contribution in [0, 0.1) is 5.92 Å². The smallest absolute Gasteiger partial charge is 0.151 e. The van der Waals surface area contributed by atoms with Crippen LogP contribution in [0.15, 0.2) is 12.8 Å². The van der Waals surface area contributed by atoms with Crippen molar-refractivity contribution >= 4 is 9.84 Å². The van der Waals surface area contributed by atoms with Crippen molar-refractivity contribution in [2.24, 2.45) is 5.92 Å². The van der Waals surface area contributed by atoms with Crippen molar-refractivity contribution in [2.45, 2.75) is 13.0 Å². The molecule has 3 nitrogen and oxygen atoms in total. The zero-order valence-corrected chi connectivity index (χ0v) is 7.30. The van der Waals surface area contributed by atoms with E-state index in [1.807, 2.05) is 6.92 Å². The molecule has 4 heteroatoms. The first-order valence-corrected chi connectivity index (χ1v) is 5.34. The van der Waals surface area contributed by atoms with Crippen LogP contribution in [0.2, 0.25) is 0 Å². The first kappa shape index (κ1) is 8.59. The van der Waals surface area contributed by atoms with Gasteiger partial charge in [-0.05, 0) is 6.92 Å². The Bertz CT molecular complexity index is 230. The first-order chi connectivity index (χ1) is 5.05. The summed E-state index contributed by atoms with van der Waals surface area (Å²) in [6.07, 6.45) is 1.34. The Morgan fingerprint density at radius 1 is 1.64 bits per heavy atom. The second kappa shape index (κ2) is 2.85. The van der Waals surface area contributed by atoms with Crippen molar-refractivity contribution in [3.05, 3.63) is 12.8 Å². The molecule has 0 aromatic rings. The minimum atomic E-state index is -2.71. The van der Waals surface area contributed by atoms with Crippen molar-refractivity contribution in [1.82, 2.24) is 0 Å². The summed E-state index contributed by atoms with van der Waals surface area (Å²) in [5, 5.41) is 0. The van der Waals surface area contributed by atoms with Crippen LogP contribution in [0.3, 0.4) is 0 Å². The molecule has 0 N–H and O–H groups in total. The van der Waals surface area contributed by atoms with Crippen molar-refractivity contribution in [3.63, 3.8) is 0 Å². The lowest BCUT2D eigenvalue weighted by Crippen LogP contribution is -2.43. The van der Waals surface area contributed by atoms with E-state index < -0.39 is 9.84 Å². The van der Waals surface area contributed by atoms with E-state index in [1.54, 1.807) is 0 Å². The minimum absolute atomic E-state index is 0.0176. The van der Waals surface area contributed by atoms with E-state index in [0.29, 0.717) is 0 Å². The maximum atomic E-state index is 10.7. The Kier molecular flexibility index (Phi) is 2.23. The molecular weight excluding hydrogens is 164 g/mol. The Balaban J connectivity index is 2.37. The predicted octanol–water partition coefficient (Wildman–Crippen LogP) is 0.580. The van der Waals surface area contributed by atoms with E-state index in [2.05, 4.69) is 6.58 Å². The van der Waals surface area contributed by atoms with Crippen LogP contribution in [0.1, 0.15) is 6.92 Å². The van der Waals surface area contributed by atoms with E-state index in [1.165, 1.54) is 6.26 Å². The predicted molar refractivity (Wildman–Crippen MR) is 42.9 cm³/mol. The monoisotopic (exact) mass is 176 g/mol. The summed E-state index contributed by atoms with van der Waals surface area (Å²) in [4.78, 5) is 0. The third-order valence-electron chi connectivity index (χ3n) is 1.91. The van der Waals surface area contributed by atoms with E-state index in [-0.39, 0.29) is 23.5 Å². The highest BCUT2D eigenvalue weighted by molar-refractivity contribution is 7.92. The van der Waals surface area contributed by atoms with Gasteiger partial charge >= 0.3 is 0 Å². The molecule has 1 saturated heterocycles. The third kappa shape index (κ3) is 1.96. The van der Waals surface area contributed by atoms with Crippen LogP contribution in [-0.4, -0.2) is 26.0 Å². The fourth-order valence-corrected chi connectivity index (χ4v) is 2.89. The summed E-state index contributed by atoms with van der Waals surface area (Å²) >= 11 is 0. The van der Waals surface area contributed by atoms with E-state index >= 15 is 0 Å². The average Bonchev–Trinajstić information content (AvgIpc) is 1.83. The van der Waals surface area contributed by atoms with Crippen LogP contribution in [0.25, 0.3) is 0 Å². The molecule has 0 aliphatic carbocycles. The van der Waals surface area contributed by atoms with Gasteiger partial charge in [0.25, 0.3) is 0 Å².